The zero-order valence-corrected chi connectivity index (χ0v) is 13.6. The van der Waals surface area contributed by atoms with E-state index in [4.69, 9.17) is 16.9 Å². The van der Waals surface area contributed by atoms with Crippen molar-refractivity contribution < 1.29 is 0 Å². The maximum absolute atomic E-state index is 8.90. The molecule has 120 valence electrons. The van der Waals surface area contributed by atoms with Gasteiger partial charge < -0.3 is 9.80 Å². The standard InChI is InChI=1S/C15H13ClN8/c1-22(13-12(16)4-10(5-17)6-19-13)11-7-24(8-11)14-15-21-20-9-23(15)3-2-18-14/h2-4,6,9,11H,7-8H2,1H3. The molecular formula is C15H13ClN8. The fourth-order valence-electron chi connectivity index (χ4n) is 2.77. The Morgan fingerprint density at radius 2 is 2.21 bits per heavy atom. The first-order chi connectivity index (χ1) is 11.7. The van der Waals surface area contributed by atoms with Crippen molar-refractivity contribution in [2.24, 2.45) is 0 Å². The van der Waals surface area contributed by atoms with Crippen molar-refractivity contribution in [1.29, 1.82) is 5.26 Å². The first-order valence-corrected chi connectivity index (χ1v) is 7.73. The van der Waals surface area contributed by atoms with Crippen LogP contribution in [-0.4, -0.2) is 50.7 Å². The molecule has 0 bridgehead atoms. The highest BCUT2D eigenvalue weighted by atomic mass is 35.5. The van der Waals surface area contributed by atoms with Crippen LogP contribution in [0.5, 0.6) is 0 Å². The molecule has 0 unspecified atom stereocenters. The fourth-order valence-corrected chi connectivity index (χ4v) is 3.07. The fraction of sp³-hybridized carbons (Fsp3) is 0.267. The number of rotatable bonds is 3. The second-order valence-corrected chi connectivity index (χ2v) is 6.03. The van der Waals surface area contributed by atoms with Crippen molar-refractivity contribution in [2.45, 2.75) is 6.04 Å². The van der Waals surface area contributed by atoms with Gasteiger partial charge in [-0.05, 0) is 6.07 Å². The molecule has 0 N–H and O–H groups in total. The number of anilines is 2. The lowest BCUT2D eigenvalue weighted by molar-refractivity contribution is 0.490. The van der Waals surface area contributed by atoms with Crippen molar-refractivity contribution in [3.8, 4) is 6.07 Å². The number of fused-ring (bicyclic) bond motifs is 1. The number of hydrogen-bond donors (Lipinski definition) is 0. The predicted octanol–water partition coefficient (Wildman–Crippen LogP) is 1.37. The lowest BCUT2D eigenvalue weighted by atomic mass is 10.1. The van der Waals surface area contributed by atoms with E-state index in [0.717, 1.165) is 24.6 Å². The van der Waals surface area contributed by atoms with Crippen molar-refractivity contribution in [2.75, 3.05) is 29.9 Å². The van der Waals surface area contributed by atoms with Crippen LogP contribution in [0.3, 0.4) is 0 Å². The lowest BCUT2D eigenvalue weighted by Crippen LogP contribution is -2.59. The summed E-state index contributed by atoms with van der Waals surface area (Å²) in [5.74, 6) is 1.49. The summed E-state index contributed by atoms with van der Waals surface area (Å²) in [5, 5.41) is 17.4. The van der Waals surface area contributed by atoms with Crippen LogP contribution >= 0.6 is 11.6 Å². The number of halogens is 1. The molecule has 1 fully saturated rings. The average Bonchev–Trinajstić information content (AvgIpc) is 3.02. The molecule has 1 saturated heterocycles. The number of nitriles is 1. The van der Waals surface area contributed by atoms with Gasteiger partial charge in [-0.1, -0.05) is 11.6 Å². The SMILES string of the molecule is CN(c1ncc(C#N)cc1Cl)C1CN(c2nccn3cnnc23)C1. The lowest BCUT2D eigenvalue weighted by Gasteiger charge is -2.45. The quantitative estimate of drug-likeness (QED) is 0.711. The molecule has 0 aliphatic carbocycles. The Balaban J connectivity index is 1.51. The van der Waals surface area contributed by atoms with Crippen molar-refractivity contribution >= 4 is 28.9 Å². The highest BCUT2D eigenvalue weighted by molar-refractivity contribution is 6.33. The van der Waals surface area contributed by atoms with Crippen LogP contribution in [-0.2, 0) is 0 Å². The minimum absolute atomic E-state index is 0.257. The molecule has 0 amide bonds. The number of nitrogens with zero attached hydrogens (tertiary/aromatic N) is 8. The van der Waals surface area contributed by atoms with E-state index in [0.29, 0.717) is 16.4 Å². The Labute approximate surface area is 142 Å². The molecule has 0 aromatic carbocycles. The van der Waals surface area contributed by atoms with Gasteiger partial charge in [0.2, 0.25) is 5.65 Å². The van der Waals surface area contributed by atoms with Crippen LogP contribution in [0.15, 0.2) is 31.0 Å². The van der Waals surface area contributed by atoms with Crippen LogP contribution in [0, 0.1) is 11.3 Å². The third-order valence-electron chi connectivity index (χ3n) is 4.19. The Morgan fingerprint density at radius 3 is 2.96 bits per heavy atom. The smallest absolute Gasteiger partial charge is 0.203 e. The summed E-state index contributed by atoms with van der Waals surface area (Å²) in [6.07, 6.45) is 6.75. The summed E-state index contributed by atoms with van der Waals surface area (Å²) in [6.45, 7) is 1.57. The average molecular weight is 341 g/mol. The van der Waals surface area contributed by atoms with Gasteiger partial charge in [0.15, 0.2) is 5.82 Å². The summed E-state index contributed by atoms with van der Waals surface area (Å²) in [5.41, 5.74) is 1.20. The monoisotopic (exact) mass is 340 g/mol. The molecule has 1 aliphatic heterocycles. The largest absolute Gasteiger partial charge is 0.352 e. The van der Waals surface area contributed by atoms with Gasteiger partial charge >= 0.3 is 0 Å². The zero-order chi connectivity index (χ0) is 16.7. The Hall–Kier alpha value is -2.92. The maximum atomic E-state index is 8.90. The van der Waals surface area contributed by atoms with E-state index in [2.05, 4.69) is 25.1 Å². The summed E-state index contributed by atoms with van der Waals surface area (Å²) in [6, 6.07) is 3.93. The van der Waals surface area contributed by atoms with Crippen molar-refractivity contribution in [1.82, 2.24) is 24.6 Å². The van der Waals surface area contributed by atoms with Crippen LogP contribution < -0.4 is 9.80 Å². The van der Waals surface area contributed by atoms with Crippen LogP contribution in [0.2, 0.25) is 5.02 Å². The van der Waals surface area contributed by atoms with Gasteiger partial charge in [0.25, 0.3) is 0 Å². The third-order valence-corrected chi connectivity index (χ3v) is 4.47. The summed E-state index contributed by atoms with van der Waals surface area (Å²) < 4.78 is 1.85. The third kappa shape index (κ3) is 2.30. The van der Waals surface area contributed by atoms with E-state index in [1.165, 1.54) is 6.20 Å². The van der Waals surface area contributed by atoms with Crippen LogP contribution in [0.4, 0.5) is 11.6 Å². The minimum atomic E-state index is 0.257. The summed E-state index contributed by atoms with van der Waals surface area (Å²) in [4.78, 5) is 12.9. The molecule has 4 rings (SSSR count). The summed E-state index contributed by atoms with van der Waals surface area (Å²) in [7, 11) is 1.95. The Kier molecular flexibility index (Phi) is 3.43. The molecule has 9 heteroatoms. The second kappa shape index (κ2) is 5.62. The molecule has 3 aromatic heterocycles. The van der Waals surface area contributed by atoms with E-state index in [1.54, 1.807) is 18.6 Å². The summed E-state index contributed by atoms with van der Waals surface area (Å²) >= 11 is 6.24. The second-order valence-electron chi connectivity index (χ2n) is 5.62. The molecule has 0 saturated carbocycles. The number of pyridine rings is 1. The number of aromatic nitrogens is 5. The molecule has 3 aromatic rings. The van der Waals surface area contributed by atoms with E-state index in [9.17, 15) is 0 Å². The molecule has 0 radical (unpaired) electrons. The first kappa shape index (κ1) is 14.7. The van der Waals surface area contributed by atoms with Gasteiger partial charge in [-0.2, -0.15) is 5.26 Å². The Bertz CT molecular complexity index is 940. The Morgan fingerprint density at radius 1 is 1.38 bits per heavy atom. The highest BCUT2D eigenvalue weighted by Gasteiger charge is 2.33. The molecular weight excluding hydrogens is 328 g/mol. The van der Waals surface area contributed by atoms with E-state index >= 15 is 0 Å². The van der Waals surface area contributed by atoms with Crippen molar-refractivity contribution in [3.63, 3.8) is 0 Å². The topological polar surface area (TPSA) is 86.2 Å². The van der Waals surface area contributed by atoms with Gasteiger partial charge in [-0.25, -0.2) is 9.97 Å². The highest BCUT2D eigenvalue weighted by Crippen LogP contribution is 2.29. The first-order valence-electron chi connectivity index (χ1n) is 7.35. The minimum Gasteiger partial charge on any atom is -0.352 e. The van der Waals surface area contributed by atoms with Crippen molar-refractivity contribution in [3.05, 3.63) is 41.6 Å². The van der Waals surface area contributed by atoms with E-state index < -0.39 is 0 Å². The molecule has 4 heterocycles. The van der Waals surface area contributed by atoms with E-state index in [-0.39, 0.29) is 6.04 Å². The normalized spacial score (nSPS) is 14.5. The molecule has 1 aliphatic rings. The molecule has 24 heavy (non-hydrogen) atoms. The number of hydrogen-bond acceptors (Lipinski definition) is 7. The van der Waals surface area contributed by atoms with Crippen LogP contribution in [0.25, 0.3) is 5.65 Å². The molecule has 8 nitrogen and oxygen atoms in total. The van der Waals surface area contributed by atoms with Crippen LogP contribution in [0.1, 0.15) is 5.56 Å². The maximum Gasteiger partial charge on any atom is 0.203 e. The van der Waals surface area contributed by atoms with Gasteiger partial charge in [-0.15, -0.1) is 10.2 Å². The van der Waals surface area contributed by atoms with Gasteiger partial charge in [0.1, 0.15) is 18.2 Å². The van der Waals surface area contributed by atoms with Gasteiger partial charge in [0.05, 0.1) is 16.6 Å². The van der Waals surface area contributed by atoms with Gasteiger partial charge in [-0.3, -0.25) is 4.40 Å². The molecule has 0 spiro atoms. The van der Waals surface area contributed by atoms with E-state index in [1.807, 2.05) is 28.6 Å². The zero-order valence-electron chi connectivity index (χ0n) is 12.8. The molecule has 0 atom stereocenters. The van der Waals surface area contributed by atoms with Gasteiger partial charge in [0, 0.05) is 38.7 Å². The predicted molar refractivity (Wildman–Crippen MR) is 89.1 cm³/mol. The number of likely N-dealkylation sites (N-methyl/N-ethyl adjacent to an activating group) is 1.